The van der Waals surface area contributed by atoms with Crippen LogP contribution in [0.25, 0.3) is 11.3 Å². The molecule has 3 amide bonds. The van der Waals surface area contributed by atoms with Crippen LogP contribution in [0, 0.1) is 11.8 Å². The van der Waals surface area contributed by atoms with Gasteiger partial charge in [0.1, 0.15) is 30.3 Å². The Hall–Kier alpha value is -5.51. The van der Waals surface area contributed by atoms with Crippen molar-refractivity contribution >= 4 is 23.7 Å². The minimum Gasteiger partial charge on any atom is -0.460 e. The number of carbonyl (C=O) groups excluding carboxylic acids is 4. The van der Waals surface area contributed by atoms with Gasteiger partial charge in [-0.1, -0.05) is 48.9 Å². The number of pyridine rings is 1. The summed E-state index contributed by atoms with van der Waals surface area (Å²) >= 11 is 0. The minimum atomic E-state index is -1.50. The van der Waals surface area contributed by atoms with Gasteiger partial charge in [0.25, 0.3) is 5.91 Å². The zero-order valence-electron chi connectivity index (χ0n) is 31.3. The SMILES string of the molecule is CC1=C\[C@@H](O)C[C@@H](F)Cc2nc(co2)C(=O)N2CCC[C@@H]2C(=O)O[C@H](C(C)C)[C@H](CC(=O)NCCCn2cc(-c3ccncc3)nn2)/C=C/C(=O)NC\C=C\1. The Kier molecular flexibility index (Phi) is 14.6. The number of hydrogen-bond acceptors (Lipinski definition) is 11. The largest absolute Gasteiger partial charge is 0.460 e. The first-order valence-corrected chi connectivity index (χ1v) is 18.6. The number of halogens is 1. The van der Waals surface area contributed by atoms with E-state index in [-0.39, 0.29) is 55.8 Å². The Morgan fingerprint density at radius 1 is 1.16 bits per heavy atom. The van der Waals surface area contributed by atoms with Gasteiger partial charge in [-0.25, -0.2) is 14.2 Å². The summed E-state index contributed by atoms with van der Waals surface area (Å²) in [6.07, 6.45) is 11.6. The van der Waals surface area contributed by atoms with E-state index < -0.39 is 48.1 Å². The van der Waals surface area contributed by atoms with E-state index in [0.29, 0.717) is 43.6 Å². The second-order valence-electron chi connectivity index (χ2n) is 14.1. The summed E-state index contributed by atoms with van der Waals surface area (Å²) in [6.45, 7) is 6.75. The number of aryl methyl sites for hydroxylation is 1. The Labute approximate surface area is 319 Å². The number of nitrogens with one attached hydrogen (secondary N) is 2. The zero-order chi connectivity index (χ0) is 39.3. The third kappa shape index (κ3) is 12.0. The number of cyclic esters (lactones) is 1. The molecule has 0 aromatic carbocycles. The van der Waals surface area contributed by atoms with E-state index >= 15 is 0 Å². The number of ether oxygens (including phenoxy) is 1. The van der Waals surface area contributed by atoms with Crippen LogP contribution < -0.4 is 10.6 Å². The van der Waals surface area contributed by atoms with Gasteiger partial charge < -0.3 is 29.8 Å². The van der Waals surface area contributed by atoms with Crippen molar-refractivity contribution in [1.82, 2.24) is 40.5 Å². The molecule has 55 heavy (non-hydrogen) atoms. The number of oxazole rings is 1. The average molecular weight is 761 g/mol. The number of rotatable bonds is 8. The van der Waals surface area contributed by atoms with Crippen LogP contribution >= 0.6 is 0 Å². The number of carbonyl (C=O) groups is 4. The van der Waals surface area contributed by atoms with E-state index in [1.807, 2.05) is 32.2 Å². The van der Waals surface area contributed by atoms with Crippen molar-refractivity contribution in [3.8, 4) is 11.3 Å². The van der Waals surface area contributed by atoms with Gasteiger partial charge in [-0.05, 0) is 50.3 Å². The fourth-order valence-electron chi connectivity index (χ4n) is 6.58. The smallest absolute Gasteiger partial charge is 0.329 e. The lowest BCUT2D eigenvalue weighted by Crippen LogP contribution is -2.44. The van der Waals surface area contributed by atoms with Gasteiger partial charge >= 0.3 is 5.97 Å². The van der Waals surface area contributed by atoms with Gasteiger partial charge in [-0.2, -0.15) is 0 Å². The molecule has 3 aromatic heterocycles. The fourth-order valence-corrected chi connectivity index (χ4v) is 6.58. The van der Waals surface area contributed by atoms with Crippen molar-refractivity contribution < 1.29 is 37.8 Å². The molecule has 2 bridgehead atoms. The second kappa shape index (κ2) is 19.7. The monoisotopic (exact) mass is 760 g/mol. The zero-order valence-corrected chi connectivity index (χ0v) is 31.3. The molecule has 2 aliphatic heterocycles. The van der Waals surface area contributed by atoms with Gasteiger partial charge in [0.15, 0.2) is 11.6 Å². The summed E-state index contributed by atoms with van der Waals surface area (Å²) in [5.41, 5.74) is 2.21. The summed E-state index contributed by atoms with van der Waals surface area (Å²) < 4.78 is 28.0. The van der Waals surface area contributed by atoms with Crippen LogP contribution in [-0.4, -0.2) is 103 Å². The molecule has 2 aliphatic rings. The number of esters is 1. The first kappa shape index (κ1) is 40.7. The summed E-state index contributed by atoms with van der Waals surface area (Å²) in [7, 11) is 0. The maximum absolute atomic E-state index is 14.8. The first-order valence-electron chi connectivity index (χ1n) is 18.6. The number of amides is 3. The lowest BCUT2D eigenvalue weighted by molar-refractivity contribution is -0.159. The third-order valence-corrected chi connectivity index (χ3v) is 9.33. The number of allylic oxidation sites excluding steroid dienone is 2. The number of aliphatic hydroxyl groups excluding tert-OH is 1. The summed E-state index contributed by atoms with van der Waals surface area (Å²) in [4.78, 5) is 63.0. The number of aliphatic hydroxyl groups is 1. The molecule has 0 aliphatic carbocycles. The number of alkyl halides is 1. The molecular formula is C39H49FN8O7. The second-order valence-corrected chi connectivity index (χ2v) is 14.1. The minimum absolute atomic E-state index is 0.00238. The predicted octanol–water partition coefficient (Wildman–Crippen LogP) is 3.53. The Balaban J connectivity index is 1.29. The molecular weight excluding hydrogens is 711 g/mol. The van der Waals surface area contributed by atoms with Gasteiger partial charge in [0.05, 0.1) is 18.7 Å². The van der Waals surface area contributed by atoms with Crippen molar-refractivity contribution in [1.29, 1.82) is 0 Å². The molecule has 0 unspecified atom stereocenters. The topological polar surface area (TPSA) is 195 Å². The van der Waals surface area contributed by atoms with Crippen LogP contribution in [0.2, 0.25) is 0 Å². The van der Waals surface area contributed by atoms with E-state index in [1.54, 1.807) is 42.2 Å². The molecule has 5 heterocycles. The van der Waals surface area contributed by atoms with E-state index in [0.717, 1.165) is 11.8 Å². The highest BCUT2D eigenvalue weighted by atomic mass is 19.1. The summed E-state index contributed by atoms with van der Waals surface area (Å²) in [5.74, 6) is -2.88. The number of hydrogen-bond donors (Lipinski definition) is 3. The highest BCUT2D eigenvalue weighted by Gasteiger charge is 2.39. The van der Waals surface area contributed by atoms with Crippen LogP contribution in [0.15, 0.2) is 77.4 Å². The van der Waals surface area contributed by atoms with E-state index in [9.17, 15) is 28.7 Å². The molecule has 15 nitrogen and oxygen atoms in total. The Morgan fingerprint density at radius 3 is 2.75 bits per heavy atom. The molecule has 3 aromatic rings. The molecule has 1 saturated heterocycles. The van der Waals surface area contributed by atoms with E-state index in [2.05, 4.69) is 30.9 Å². The van der Waals surface area contributed by atoms with Crippen molar-refractivity contribution in [2.24, 2.45) is 11.8 Å². The van der Waals surface area contributed by atoms with Crippen LogP contribution in [0.3, 0.4) is 0 Å². The molecule has 294 valence electrons. The molecule has 0 radical (unpaired) electrons. The lowest BCUT2D eigenvalue weighted by Gasteiger charge is -2.31. The predicted molar refractivity (Wildman–Crippen MR) is 199 cm³/mol. The standard InChI is InChI=1S/C39H49FN8O7/c1-25(2)37-28(20-35(51)43-14-6-17-47-23-31(45-46-47)27-11-15-41-16-12-27)9-10-34(50)42-13-4-7-26(3)19-30(49)21-29(40)22-36-44-32(24-54-36)38(52)48-18-5-8-33(48)39(53)55-37/h4,7,9-12,15-16,19,23-25,28-30,33,37,49H,5-6,8,13-14,17-18,20-22H2,1-3H3,(H,42,50)(H,43,51)/b7-4+,10-9+,26-19+/t28-,29+,30+,33+,37+/m0/s1. The molecule has 0 spiro atoms. The molecule has 16 heteroatoms. The normalized spacial score (nSPS) is 25.3. The summed E-state index contributed by atoms with van der Waals surface area (Å²) in [6, 6.07) is 2.77. The van der Waals surface area contributed by atoms with Crippen LogP contribution in [0.5, 0.6) is 0 Å². The number of aromatic nitrogens is 5. The summed E-state index contributed by atoms with van der Waals surface area (Å²) in [5, 5.41) is 24.4. The molecule has 1 fully saturated rings. The average Bonchev–Trinajstić information content (AvgIpc) is 3.94. The third-order valence-electron chi connectivity index (χ3n) is 9.33. The van der Waals surface area contributed by atoms with Crippen molar-refractivity contribution in [3.05, 3.63) is 84.5 Å². The molecule has 0 saturated carbocycles. The number of nitrogens with zero attached hydrogens (tertiary/aromatic N) is 6. The Bertz CT molecular complexity index is 1860. The highest BCUT2D eigenvalue weighted by molar-refractivity contribution is 5.95. The molecule has 5 rings (SSSR count). The quantitative estimate of drug-likeness (QED) is 0.225. The van der Waals surface area contributed by atoms with Gasteiger partial charge in [-0.15, -0.1) is 5.10 Å². The molecule has 3 N–H and O–H groups in total. The van der Waals surface area contributed by atoms with Crippen molar-refractivity contribution in [2.45, 2.75) is 90.3 Å². The van der Waals surface area contributed by atoms with Crippen LogP contribution in [-0.2, 0) is 32.1 Å². The lowest BCUT2D eigenvalue weighted by atomic mass is 9.89. The van der Waals surface area contributed by atoms with Gasteiger partial charge in [-0.3, -0.25) is 24.0 Å². The first-order chi connectivity index (χ1) is 26.5. The van der Waals surface area contributed by atoms with E-state index in [1.165, 1.54) is 17.1 Å². The van der Waals surface area contributed by atoms with Crippen molar-refractivity contribution in [2.75, 3.05) is 19.6 Å². The molecule has 5 atom stereocenters. The van der Waals surface area contributed by atoms with Gasteiger partial charge in [0.2, 0.25) is 11.8 Å². The van der Waals surface area contributed by atoms with E-state index in [4.69, 9.17) is 9.15 Å². The van der Waals surface area contributed by atoms with Crippen molar-refractivity contribution in [3.63, 3.8) is 0 Å². The van der Waals surface area contributed by atoms with Gasteiger partial charge in [0, 0.05) is 62.9 Å². The van der Waals surface area contributed by atoms with Crippen LogP contribution in [0.4, 0.5) is 4.39 Å². The van der Waals surface area contributed by atoms with Crippen LogP contribution in [0.1, 0.15) is 69.3 Å². The maximum atomic E-state index is 14.8. The number of fused-ring (bicyclic) bond motifs is 3. The highest BCUT2D eigenvalue weighted by Crippen LogP contribution is 2.27. The maximum Gasteiger partial charge on any atom is 0.329 e. The Morgan fingerprint density at radius 2 is 1.96 bits per heavy atom. The fraction of sp³-hybridized carbons (Fsp3) is 0.487.